The highest BCUT2D eigenvalue weighted by molar-refractivity contribution is 5.94. The minimum Gasteiger partial charge on any atom is -0.394 e. The Balaban J connectivity index is 1.62. The second-order valence-corrected chi connectivity index (χ2v) is 6.85. The van der Waals surface area contributed by atoms with Crippen molar-refractivity contribution >= 4 is 11.8 Å². The molecule has 0 spiro atoms. The fourth-order valence-corrected chi connectivity index (χ4v) is 3.37. The van der Waals surface area contributed by atoms with Crippen molar-refractivity contribution in [3.8, 4) is 0 Å². The third-order valence-electron chi connectivity index (χ3n) is 4.88. The molecule has 2 N–H and O–H groups in total. The molecule has 2 unspecified atom stereocenters. The number of hydrogen-bond acceptors (Lipinski definition) is 3. The maximum atomic E-state index is 12.5. The summed E-state index contributed by atoms with van der Waals surface area (Å²) in [5.41, 5.74) is 4.23. The summed E-state index contributed by atoms with van der Waals surface area (Å²) >= 11 is 0. The molecule has 136 valence electrons. The number of nitrogens with one attached hydrogen (secondary N) is 1. The average Bonchev–Trinajstić information content (AvgIpc) is 2.62. The molecule has 2 atom stereocenters. The predicted molar refractivity (Wildman–Crippen MR) is 99.4 cm³/mol. The van der Waals surface area contributed by atoms with Crippen LogP contribution in [0.2, 0.25) is 0 Å². The second kappa shape index (κ2) is 7.70. The maximum absolute atomic E-state index is 12.5. The van der Waals surface area contributed by atoms with Gasteiger partial charge in [-0.25, -0.2) is 0 Å². The van der Waals surface area contributed by atoms with E-state index >= 15 is 0 Å². The summed E-state index contributed by atoms with van der Waals surface area (Å²) in [6.07, 6.45) is 0.222. The van der Waals surface area contributed by atoms with Crippen molar-refractivity contribution in [2.45, 2.75) is 38.9 Å². The van der Waals surface area contributed by atoms with Crippen molar-refractivity contribution in [3.63, 3.8) is 0 Å². The molecule has 1 aliphatic rings. The Morgan fingerprint density at radius 1 is 1.15 bits per heavy atom. The topological polar surface area (TPSA) is 69.6 Å². The number of carbonyl (C=O) groups excluding carboxylic acids is 2. The molecule has 2 aromatic rings. The molecule has 1 aliphatic heterocycles. The second-order valence-electron chi connectivity index (χ2n) is 6.85. The van der Waals surface area contributed by atoms with Gasteiger partial charge in [0.25, 0.3) is 0 Å². The van der Waals surface area contributed by atoms with E-state index in [1.165, 1.54) is 5.56 Å². The van der Waals surface area contributed by atoms with Crippen LogP contribution in [0.15, 0.2) is 48.5 Å². The van der Waals surface area contributed by atoms with Gasteiger partial charge in [0.15, 0.2) is 0 Å². The van der Waals surface area contributed by atoms with Crippen LogP contribution in [0.4, 0.5) is 0 Å². The van der Waals surface area contributed by atoms with E-state index in [0.717, 1.165) is 16.7 Å². The molecule has 26 heavy (non-hydrogen) atoms. The fourth-order valence-electron chi connectivity index (χ4n) is 3.37. The van der Waals surface area contributed by atoms with Crippen LogP contribution in [0.1, 0.15) is 22.3 Å². The van der Waals surface area contributed by atoms with Crippen LogP contribution in [0, 0.1) is 13.8 Å². The minimum atomic E-state index is -0.651. The molecule has 2 amide bonds. The summed E-state index contributed by atoms with van der Waals surface area (Å²) in [5.74, 6) is -0.357. The summed E-state index contributed by atoms with van der Waals surface area (Å²) in [6.45, 7) is 4.31. The molecule has 0 saturated carbocycles. The molecule has 0 bridgehead atoms. The van der Waals surface area contributed by atoms with Gasteiger partial charge in [-0.15, -0.1) is 0 Å². The average molecular weight is 352 g/mol. The first-order valence-electron chi connectivity index (χ1n) is 8.80. The van der Waals surface area contributed by atoms with Gasteiger partial charge in [0.2, 0.25) is 11.8 Å². The number of aliphatic hydroxyl groups is 1. The number of carbonyl (C=O) groups is 2. The van der Waals surface area contributed by atoms with Gasteiger partial charge in [-0.3, -0.25) is 9.59 Å². The molecular weight excluding hydrogens is 328 g/mol. The van der Waals surface area contributed by atoms with Gasteiger partial charge in [0.1, 0.15) is 6.04 Å². The van der Waals surface area contributed by atoms with Crippen LogP contribution in [-0.2, 0) is 22.6 Å². The standard InChI is InChI=1S/C21H24N2O3/c1-14-8-9-17(15(2)10-14)12-23-18(13-24)20(21(23)26)22-19(25)11-16-6-4-3-5-7-16/h3-10,18,20,24H,11-13H2,1-2H3,(H,22,25). The van der Waals surface area contributed by atoms with Crippen LogP contribution < -0.4 is 5.32 Å². The molecule has 5 heteroatoms. The zero-order chi connectivity index (χ0) is 18.7. The molecule has 1 heterocycles. The maximum Gasteiger partial charge on any atom is 0.248 e. The van der Waals surface area contributed by atoms with Gasteiger partial charge in [-0.1, -0.05) is 54.1 Å². The smallest absolute Gasteiger partial charge is 0.248 e. The lowest BCUT2D eigenvalue weighted by Crippen LogP contribution is -2.71. The molecule has 3 rings (SSSR count). The Bertz CT molecular complexity index is 804. The van der Waals surface area contributed by atoms with Crippen molar-refractivity contribution < 1.29 is 14.7 Å². The number of amides is 2. The van der Waals surface area contributed by atoms with Crippen LogP contribution in [0.5, 0.6) is 0 Å². The number of likely N-dealkylation sites (tertiary alicyclic amines) is 1. The Morgan fingerprint density at radius 3 is 2.54 bits per heavy atom. The number of rotatable bonds is 6. The summed E-state index contributed by atoms with van der Waals surface area (Å²) in [4.78, 5) is 26.3. The Labute approximate surface area is 153 Å². The number of hydrogen-bond donors (Lipinski definition) is 2. The quantitative estimate of drug-likeness (QED) is 0.778. The predicted octanol–water partition coefficient (Wildman–Crippen LogP) is 1.73. The third-order valence-corrected chi connectivity index (χ3v) is 4.88. The van der Waals surface area contributed by atoms with E-state index in [-0.39, 0.29) is 30.9 Å². The largest absolute Gasteiger partial charge is 0.394 e. The van der Waals surface area contributed by atoms with Gasteiger partial charge in [-0.2, -0.15) is 0 Å². The highest BCUT2D eigenvalue weighted by Crippen LogP contribution is 2.24. The van der Waals surface area contributed by atoms with E-state index in [1.807, 2.05) is 56.3 Å². The number of aliphatic hydroxyl groups excluding tert-OH is 1. The first-order chi connectivity index (χ1) is 12.5. The van der Waals surface area contributed by atoms with Gasteiger partial charge in [0.05, 0.1) is 19.1 Å². The number of aryl methyl sites for hydroxylation is 2. The molecule has 0 aromatic heterocycles. The normalized spacial score (nSPS) is 19.2. The van der Waals surface area contributed by atoms with Crippen LogP contribution >= 0.6 is 0 Å². The molecule has 1 fully saturated rings. The first kappa shape index (κ1) is 18.1. The Kier molecular flexibility index (Phi) is 5.38. The summed E-state index contributed by atoms with van der Waals surface area (Å²) < 4.78 is 0. The number of β-lactam (4-membered cyclic amide) rings is 1. The molecule has 5 nitrogen and oxygen atoms in total. The van der Waals surface area contributed by atoms with E-state index in [2.05, 4.69) is 11.4 Å². The van der Waals surface area contributed by atoms with E-state index in [9.17, 15) is 14.7 Å². The van der Waals surface area contributed by atoms with Crippen LogP contribution in [0.25, 0.3) is 0 Å². The van der Waals surface area contributed by atoms with Crippen LogP contribution in [0.3, 0.4) is 0 Å². The molecule has 0 aliphatic carbocycles. The van der Waals surface area contributed by atoms with Crippen molar-refractivity contribution in [1.82, 2.24) is 10.2 Å². The molecule has 0 radical (unpaired) electrons. The highest BCUT2D eigenvalue weighted by atomic mass is 16.3. The number of benzene rings is 2. The van der Waals surface area contributed by atoms with E-state index < -0.39 is 6.04 Å². The molecule has 1 saturated heterocycles. The lowest BCUT2D eigenvalue weighted by Gasteiger charge is -2.46. The monoisotopic (exact) mass is 352 g/mol. The number of nitrogens with zero attached hydrogens (tertiary/aromatic N) is 1. The van der Waals surface area contributed by atoms with Crippen molar-refractivity contribution in [3.05, 3.63) is 70.8 Å². The Morgan fingerprint density at radius 2 is 1.88 bits per heavy atom. The summed E-state index contributed by atoms with van der Waals surface area (Å²) in [6, 6.07) is 14.4. The lowest BCUT2D eigenvalue weighted by atomic mass is 9.93. The Hall–Kier alpha value is -2.66. The van der Waals surface area contributed by atoms with Crippen molar-refractivity contribution in [1.29, 1.82) is 0 Å². The summed E-state index contributed by atoms with van der Waals surface area (Å²) in [7, 11) is 0. The van der Waals surface area contributed by atoms with E-state index in [4.69, 9.17) is 0 Å². The van der Waals surface area contributed by atoms with Gasteiger partial charge >= 0.3 is 0 Å². The summed E-state index contributed by atoms with van der Waals surface area (Å²) in [5, 5.41) is 12.5. The van der Waals surface area contributed by atoms with E-state index in [1.54, 1.807) is 4.90 Å². The SMILES string of the molecule is Cc1ccc(CN2C(=O)C(NC(=O)Cc3ccccc3)C2CO)c(C)c1. The highest BCUT2D eigenvalue weighted by Gasteiger charge is 2.47. The van der Waals surface area contributed by atoms with Gasteiger partial charge in [-0.05, 0) is 30.5 Å². The molecular formula is C21H24N2O3. The van der Waals surface area contributed by atoms with E-state index in [0.29, 0.717) is 6.54 Å². The molecule has 2 aromatic carbocycles. The zero-order valence-corrected chi connectivity index (χ0v) is 15.1. The fraction of sp³-hybridized carbons (Fsp3) is 0.333. The third kappa shape index (κ3) is 3.78. The lowest BCUT2D eigenvalue weighted by molar-refractivity contribution is -0.157. The van der Waals surface area contributed by atoms with Crippen LogP contribution in [-0.4, -0.2) is 40.5 Å². The van der Waals surface area contributed by atoms with Gasteiger partial charge < -0.3 is 15.3 Å². The van der Waals surface area contributed by atoms with Gasteiger partial charge in [0, 0.05) is 6.54 Å². The zero-order valence-electron chi connectivity index (χ0n) is 15.1. The minimum absolute atomic E-state index is 0.148. The first-order valence-corrected chi connectivity index (χ1v) is 8.80. The van der Waals surface area contributed by atoms with Crippen molar-refractivity contribution in [2.75, 3.05) is 6.61 Å². The van der Waals surface area contributed by atoms with Crippen molar-refractivity contribution in [2.24, 2.45) is 0 Å².